The molecule has 29 rings (SSSR count). The average Bonchev–Trinajstić information content (AvgIpc) is 1.58. The molecule has 0 fully saturated rings. The van der Waals surface area contributed by atoms with Gasteiger partial charge in [-0.1, -0.05) is 390 Å². The molecule has 9 heterocycles. The van der Waals surface area contributed by atoms with Gasteiger partial charge in [-0.05, 0) is 176 Å². The van der Waals surface area contributed by atoms with Gasteiger partial charge in [0, 0.05) is 139 Å². The number of nitrogens with zero attached hydrogens (tertiary/aromatic N) is 9. The topological polar surface area (TPSA) is 92.1 Å². The van der Waals surface area contributed by atoms with Crippen molar-refractivity contribution in [3.8, 4) is 141 Å². The number of fused-ring (bicyclic) bond motifs is 18. The number of hydrogen-bond donors (Lipinski definition) is 0. The zero-order chi connectivity index (χ0) is 95.1. The zero-order valence-electron chi connectivity index (χ0n) is 77.7. The lowest BCUT2D eigenvalue weighted by molar-refractivity contribution is 0.992. The van der Waals surface area contributed by atoms with Gasteiger partial charge in [0.2, 0.25) is 11.9 Å². The third kappa shape index (κ3) is 15.8. The van der Waals surface area contributed by atoms with Crippen LogP contribution in [0.3, 0.4) is 0 Å². The number of thiophene rings is 3. The van der Waals surface area contributed by atoms with E-state index in [2.05, 4.69) is 457 Å². The molecule has 0 amide bonds. The number of hydrogen-bond acceptors (Lipinski definition) is 9. The highest BCUT2D eigenvalue weighted by Gasteiger charge is 2.25. The number of rotatable bonds is 14. The van der Waals surface area contributed by atoms with E-state index in [9.17, 15) is 0 Å². The van der Waals surface area contributed by atoms with E-state index in [1.807, 2.05) is 94.9 Å². The Morgan fingerprint density at radius 1 is 0.166 bits per heavy atom. The fraction of sp³-hybridized carbons (Fsp3) is 0.00752. The molecule has 12 heteroatoms. The molecule has 682 valence electrons. The van der Waals surface area contributed by atoms with Crippen molar-refractivity contribution in [1.29, 1.82) is 0 Å². The first-order chi connectivity index (χ1) is 71.4. The first kappa shape index (κ1) is 87.0. The molecule has 0 spiro atoms. The maximum Gasteiger partial charge on any atom is 0.235 e. The van der Waals surface area contributed by atoms with Gasteiger partial charge in [-0.3, -0.25) is 9.13 Å². The van der Waals surface area contributed by atoms with E-state index < -0.39 is 0 Å². The highest BCUT2D eigenvalue weighted by atomic mass is 32.1. The minimum atomic E-state index is 0. The Labute approximate surface area is 848 Å². The van der Waals surface area contributed by atoms with E-state index in [1.54, 1.807) is 0 Å². The SMILES string of the molecule is C.c1ccc(-c2ccc(-c3cc(-c4ccccc4)nc(-n4c5ccccc5c5cc(-c6cccc7c6sc6ccccc67)ccc54)n3)cc2)cc1.c1ccc(-c2ccc(-c3ccnc(-c4cccc(-n5c6ccccc6c6cc(-c7cccc8c7sc7ccccc78)ccc65)c4)n3)cc2)cc1.c1ccc(-c2ccc3c(c2)c2cc(-c4cccc5c4sc4ccccc45)ccc2n3-c2nccc(-c3ccccc3)n2)cc1. The number of para-hydroxylation sites is 2. The fourth-order valence-electron chi connectivity index (χ4n) is 21.0. The minimum Gasteiger partial charge on any atom is -0.309 e. The molecular weight excluding hydrogens is 1820 g/mol. The highest BCUT2D eigenvalue weighted by molar-refractivity contribution is 7.27. The van der Waals surface area contributed by atoms with Crippen molar-refractivity contribution in [3.63, 3.8) is 0 Å². The van der Waals surface area contributed by atoms with E-state index in [0.717, 1.165) is 78.3 Å². The predicted molar refractivity (Wildman–Crippen MR) is 614 cm³/mol. The summed E-state index contributed by atoms with van der Waals surface area (Å²) < 4.78 is 14.7. The van der Waals surface area contributed by atoms with Crippen molar-refractivity contribution >= 4 is 160 Å². The molecule has 9 aromatic heterocycles. The Morgan fingerprint density at radius 3 is 0.917 bits per heavy atom. The quantitative estimate of drug-likeness (QED) is 0.108. The molecule has 145 heavy (non-hydrogen) atoms. The monoisotopic (exact) mass is 1910 g/mol. The summed E-state index contributed by atoms with van der Waals surface area (Å²) in [6.45, 7) is 0. The van der Waals surface area contributed by atoms with Crippen LogP contribution in [-0.2, 0) is 0 Å². The lowest BCUT2D eigenvalue weighted by Gasteiger charge is -2.12. The summed E-state index contributed by atoms with van der Waals surface area (Å²) in [5, 5.41) is 15.1. The van der Waals surface area contributed by atoms with Crippen molar-refractivity contribution in [3.05, 3.63) is 504 Å². The lowest BCUT2D eigenvalue weighted by Crippen LogP contribution is -2.04. The second kappa shape index (κ2) is 37.0. The summed E-state index contributed by atoms with van der Waals surface area (Å²) in [5.41, 5.74) is 31.1. The molecule has 0 unspecified atom stereocenters. The molecule has 20 aromatic carbocycles. The van der Waals surface area contributed by atoms with E-state index in [1.165, 1.54) is 171 Å². The van der Waals surface area contributed by atoms with E-state index in [4.69, 9.17) is 29.9 Å². The summed E-state index contributed by atoms with van der Waals surface area (Å²) in [7, 11) is 0. The fourth-order valence-corrected chi connectivity index (χ4v) is 24.7. The van der Waals surface area contributed by atoms with Gasteiger partial charge in [0.1, 0.15) is 0 Å². The van der Waals surface area contributed by atoms with Crippen molar-refractivity contribution in [2.45, 2.75) is 7.43 Å². The smallest absolute Gasteiger partial charge is 0.235 e. The number of aromatic nitrogens is 9. The standard InChI is InChI=1S/2C46H29N3S.C40H25N3S.CH4/c1-3-12-30(13-4-1)31-22-24-33(25-23-31)41-29-40(32-14-5-2-6-15-32)47-46(48-41)49-42-20-9-7-16-36(42)39-28-34(26-27-43(39)49)35-18-11-19-38-37-17-8-10-21-44(37)50-45(35)38;1-2-10-30(11-3-1)31-20-22-32(23-21-31)41-26-27-47-46(48-41)34-12-8-13-35(28-34)49-42-18-6-4-14-37(42)40-29-33(24-25-43(40)49)36-16-9-17-39-38-15-5-7-19-44(38)50-45(36)39;1-3-10-26(11-4-1)28-18-20-36-33(24-28)34-25-29(30-15-9-16-32-31-14-7-8-17-38(31)44-39(30)32)19-21-37(34)43(36)40-41-23-22-35(42-40)27-12-5-2-6-13-27;/h2*1-29H;1-25H;1H4. The Kier molecular flexibility index (Phi) is 22.2. The minimum absolute atomic E-state index is 0. The summed E-state index contributed by atoms with van der Waals surface area (Å²) in [5.74, 6) is 2.02. The van der Waals surface area contributed by atoms with Crippen molar-refractivity contribution in [1.82, 2.24) is 43.6 Å². The Hall–Kier alpha value is -18.3. The van der Waals surface area contributed by atoms with Crippen LogP contribution >= 0.6 is 34.0 Å². The Morgan fingerprint density at radius 2 is 0.455 bits per heavy atom. The van der Waals surface area contributed by atoms with Crippen LogP contribution in [0, 0.1) is 0 Å². The van der Waals surface area contributed by atoms with Crippen molar-refractivity contribution in [2.24, 2.45) is 0 Å². The molecule has 9 nitrogen and oxygen atoms in total. The molecule has 0 aliphatic carbocycles. The molecule has 0 aliphatic rings. The maximum atomic E-state index is 5.27. The van der Waals surface area contributed by atoms with E-state index >= 15 is 0 Å². The van der Waals surface area contributed by atoms with Crippen LogP contribution in [-0.4, -0.2) is 43.6 Å². The summed E-state index contributed by atoms with van der Waals surface area (Å²) in [4.78, 5) is 30.1. The Bertz CT molecular complexity index is 10000. The molecule has 0 saturated carbocycles. The highest BCUT2D eigenvalue weighted by Crippen LogP contribution is 2.48. The summed E-state index contributed by atoms with van der Waals surface area (Å²) in [6, 6.07) is 175. The van der Waals surface area contributed by atoms with Crippen LogP contribution in [0.5, 0.6) is 0 Å². The molecule has 0 radical (unpaired) electrons. The van der Waals surface area contributed by atoms with Gasteiger partial charge in [-0.25, -0.2) is 29.9 Å². The van der Waals surface area contributed by atoms with Crippen LogP contribution in [0.15, 0.2) is 504 Å². The van der Waals surface area contributed by atoms with Crippen molar-refractivity contribution < 1.29 is 0 Å². The lowest BCUT2D eigenvalue weighted by atomic mass is 9.99. The van der Waals surface area contributed by atoms with Gasteiger partial charge in [-0.2, -0.15) is 0 Å². The van der Waals surface area contributed by atoms with Gasteiger partial charge in [0.05, 0.1) is 55.9 Å². The van der Waals surface area contributed by atoms with Gasteiger partial charge < -0.3 is 4.57 Å². The normalized spacial score (nSPS) is 11.5. The summed E-state index contributed by atoms with van der Waals surface area (Å²) >= 11 is 5.61. The van der Waals surface area contributed by atoms with Gasteiger partial charge in [-0.15, -0.1) is 34.0 Å². The molecule has 0 aliphatic heterocycles. The molecule has 0 atom stereocenters. The first-order valence-electron chi connectivity index (χ1n) is 48.4. The molecule has 0 N–H and O–H groups in total. The van der Waals surface area contributed by atoms with Crippen LogP contribution in [0.2, 0.25) is 0 Å². The average molecular weight is 1910 g/mol. The maximum absolute atomic E-state index is 5.27. The van der Waals surface area contributed by atoms with Crippen molar-refractivity contribution in [2.75, 3.05) is 0 Å². The zero-order valence-corrected chi connectivity index (χ0v) is 80.1. The molecule has 0 saturated heterocycles. The molecule has 29 aromatic rings. The van der Waals surface area contributed by atoms with Crippen LogP contribution in [0.4, 0.5) is 0 Å². The third-order valence-corrected chi connectivity index (χ3v) is 31.5. The van der Waals surface area contributed by atoms with Gasteiger partial charge in [0.25, 0.3) is 0 Å². The molecule has 0 bridgehead atoms. The first-order valence-corrected chi connectivity index (χ1v) is 50.8. The second-order valence-electron chi connectivity index (χ2n) is 36.3. The summed E-state index contributed by atoms with van der Waals surface area (Å²) in [6.07, 6.45) is 3.71. The van der Waals surface area contributed by atoms with Gasteiger partial charge >= 0.3 is 0 Å². The van der Waals surface area contributed by atoms with Crippen LogP contribution in [0.25, 0.3) is 267 Å². The second-order valence-corrected chi connectivity index (χ2v) is 39.4. The van der Waals surface area contributed by atoms with E-state index in [0.29, 0.717) is 17.7 Å². The Balaban J connectivity index is 0.000000111. The molecular formula is C133H87N9S3. The van der Waals surface area contributed by atoms with E-state index in [-0.39, 0.29) is 7.43 Å². The van der Waals surface area contributed by atoms with Crippen LogP contribution < -0.4 is 0 Å². The number of benzene rings is 20. The third-order valence-electron chi connectivity index (χ3n) is 27.9. The largest absolute Gasteiger partial charge is 0.309 e. The van der Waals surface area contributed by atoms with Crippen LogP contribution in [0.1, 0.15) is 7.43 Å². The predicted octanol–water partition coefficient (Wildman–Crippen LogP) is 36.8. The van der Waals surface area contributed by atoms with Gasteiger partial charge in [0.15, 0.2) is 5.82 Å².